The number of halogens is 3. The van der Waals surface area contributed by atoms with Crippen LogP contribution in [0.2, 0.25) is 0 Å². The van der Waals surface area contributed by atoms with E-state index >= 15 is 0 Å². The minimum Gasteiger partial charge on any atom is -0.474 e. The fraction of sp³-hybridized carbons (Fsp3) is 0.240. The first-order valence-electron chi connectivity index (χ1n) is 10.9. The number of nitrogens with zero attached hydrogens (tertiary/aromatic N) is 2. The van der Waals surface area contributed by atoms with Crippen LogP contribution in [0, 0.1) is 0 Å². The van der Waals surface area contributed by atoms with Crippen LogP contribution < -0.4 is 10.1 Å². The van der Waals surface area contributed by atoms with E-state index in [9.17, 15) is 18.0 Å². The number of anilines is 1. The Kier molecular flexibility index (Phi) is 5.69. The maximum atomic E-state index is 13.1. The molecule has 4 aromatic rings. The predicted molar refractivity (Wildman–Crippen MR) is 120 cm³/mol. The molecule has 5 rings (SSSR count). The van der Waals surface area contributed by atoms with Crippen molar-refractivity contribution in [1.29, 1.82) is 0 Å². The zero-order valence-electron chi connectivity index (χ0n) is 18.0. The number of hydrogen-bond donors (Lipinski definition) is 2. The molecule has 34 heavy (non-hydrogen) atoms. The molecule has 0 spiro atoms. The number of amides is 1. The summed E-state index contributed by atoms with van der Waals surface area (Å²) in [4.78, 5) is 16.2. The molecule has 1 aliphatic carbocycles. The van der Waals surface area contributed by atoms with Crippen molar-refractivity contribution in [2.24, 2.45) is 0 Å². The number of nitrogens with one attached hydrogen (secondary N) is 2. The summed E-state index contributed by atoms with van der Waals surface area (Å²) in [6.07, 6.45) is -2.33. The number of aromatic amines is 1. The van der Waals surface area contributed by atoms with Gasteiger partial charge in [-0.3, -0.25) is 9.89 Å². The molecule has 2 aromatic carbocycles. The third-order valence-electron chi connectivity index (χ3n) is 5.93. The normalized spacial score (nSPS) is 17.9. The molecule has 0 bridgehead atoms. The van der Waals surface area contributed by atoms with Gasteiger partial charge in [-0.05, 0) is 41.3 Å². The second-order valence-electron chi connectivity index (χ2n) is 8.38. The highest BCUT2D eigenvalue weighted by Crippen LogP contribution is 2.41. The number of H-pyrrole nitrogens is 1. The lowest BCUT2D eigenvalue weighted by molar-refractivity contribution is -0.140. The number of rotatable bonds is 6. The SMILES string of the molecule is O=C(Cc1ccc2ccccc2c1)Nc1cc(C2CC(Oc3ncccc3C(F)(F)F)C2)[nH]n1. The molecule has 9 heteroatoms. The van der Waals surface area contributed by atoms with Crippen molar-refractivity contribution >= 4 is 22.5 Å². The quantitative estimate of drug-likeness (QED) is 0.394. The van der Waals surface area contributed by atoms with Gasteiger partial charge in [-0.25, -0.2) is 4.98 Å². The average molecular weight is 466 g/mol. The van der Waals surface area contributed by atoms with Crippen LogP contribution >= 0.6 is 0 Å². The molecule has 0 unspecified atom stereocenters. The summed E-state index contributed by atoms with van der Waals surface area (Å²) in [6, 6.07) is 17.8. The number of carbonyl (C=O) groups excluding carboxylic acids is 1. The Hall–Kier alpha value is -3.88. The van der Waals surface area contributed by atoms with Gasteiger partial charge in [0.1, 0.15) is 11.7 Å². The fourth-order valence-electron chi connectivity index (χ4n) is 4.11. The molecule has 1 fully saturated rings. The molecule has 2 heterocycles. The Morgan fingerprint density at radius 3 is 2.65 bits per heavy atom. The Labute approximate surface area is 193 Å². The molecular weight excluding hydrogens is 445 g/mol. The lowest BCUT2D eigenvalue weighted by atomic mass is 9.80. The minimum absolute atomic E-state index is 0.0571. The van der Waals surface area contributed by atoms with Gasteiger partial charge in [0.15, 0.2) is 5.82 Å². The third kappa shape index (κ3) is 4.73. The predicted octanol–water partition coefficient (Wildman–Crippen LogP) is 5.48. The van der Waals surface area contributed by atoms with Crippen molar-refractivity contribution in [2.45, 2.75) is 37.5 Å². The van der Waals surface area contributed by atoms with E-state index in [1.807, 2.05) is 42.5 Å². The number of carbonyl (C=O) groups is 1. The zero-order valence-corrected chi connectivity index (χ0v) is 18.0. The van der Waals surface area contributed by atoms with Gasteiger partial charge in [0.05, 0.1) is 6.42 Å². The minimum atomic E-state index is -4.52. The van der Waals surface area contributed by atoms with E-state index in [4.69, 9.17) is 4.74 Å². The van der Waals surface area contributed by atoms with Gasteiger partial charge < -0.3 is 10.1 Å². The zero-order chi connectivity index (χ0) is 23.7. The van der Waals surface area contributed by atoms with E-state index in [0.29, 0.717) is 18.7 Å². The molecule has 1 amide bonds. The van der Waals surface area contributed by atoms with E-state index in [2.05, 4.69) is 20.5 Å². The molecular formula is C25H21F3N4O2. The number of pyridine rings is 1. The second kappa shape index (κ2) is 8.81. The lowest BCUT2D eigenvalue weighted by Crippen LogP contribution is -2.33. The first-order valence-corrected chi connectivity index (χ1v) is 10.9. The van der Waals surface area contributed by atoms with Gasteiger partial charge in [-0.2, -0.15) is 18.3 Å². The number of aromatic nitrogens is 3. The van der Waals surface area contributed by atoms with E-state index in [1.165, 1.54) is 12.3 Å². The highest BCUT2D eigenvalue weighted by atomic mass is 19.4. The molecule has 174 valence electrons. The number of hydrogen-bond acceptors (Lipinski definition) is 4. The monoisotopic (exact) mass is 466 g/mol. The van der Waals surface area contributed by atoms with Crippen molar-refractivity contribution in [3.8, 4) is 5.88 Å². The number of benzene rings is 2. The number of ether oxygens (including phenoxy) is 1. The van der Waals surface area contributed by atoms with Gasteiger partial charge in [0.25, 0.3) is 0 Å². The van der Waals surface area contributed by atoms with Gasteiger partial charge in [-0.1, -0.05) is 42.5 Å². The standard InChI is InChI=1S/C25H21F3N4O2/c26-25(27,28)20-6-3-9-29-24(20)34-19-12-18(13-19)21-14-22(32-31-21)30-23(33)11-15-7-8-16-4-1-2-5-17(16)10-15/h1-10,14,18-19H,11-13H2,(H2,30,31,32,33). The van der Waals surface area contributed by atoms with Crippen molar-refractivity contribution in [1.82, 2.24) is 15.2 Å². The van der Waals surface area contributed by atoms with Gasteiger partial charge in [0.2, 0.25) is 11.8 Å². The summed E-state index contributed by atoms with van der Waals surface area (Å²) >= 11 is 0. The first kappa shape index (κ1) is 21.9. The summed E-state index contributed by atoms with van der Waals surface area (Å²) in [5, 5.41) is 12.0. The van der Waals surface area contributed by atoms with Crippen LogP contribution in [0.4, 0.5) is 19.0 Å². The van der Waals surface area contributed by atoms with Crippen molar-refractivity contribution in [3.05, 3.63) is 83.7 Å². The number of fused-ring (bicyclic) bond motifs is 1. The Morgan fingerprint density at radius 2 is 1.85 bits per heavy atom. The Balaban J connectivity index is 1.15. The third-order valence-corrected chi connectivity index (χ3v) is 5.93. The van der Waals surface area contributed by atoms with Crippen molar-refractivity contribution < 1.29 is 22.7 Å². The van der Waals surface area contributed by atoms with Crippen LogP contribution in [0.5, 0.6) is 5.88 Å². The summed E-state index contributed by atoms with van der Waals surface area (Å²) in [6.45, 7) is 0. The van der Waals surface area contributed by atoms with Gasteiger partial charge in [0, 0.05) is 23.9 Å². The van der Waals surface area contributed by atoms with Gasteiger partial charge in [-0.15, -0.1) is 0 Å². The largest absolute Gasteiger partial charge is 0.474 e. The van der Waals surface area contributed by atoms with Crippen LogP contribution in [0.15, 0.2) is 66.9 Å². The maximum Gasteiger partial charge on any atom is 0.421 e. The molecule has 6 nitrogen and oxygen atoms in total. The Morgan fingerprint density at radius 1 is 1.06 bits per heavy atom. The van der Waals surface area contributed by atoms with E-state index in [-0.39, 0.29) is 24.3 Å². The summed E-state index contributed by atoms with van der Waals surface area (Å²) in [7, 11) is 0. The van der Waals surface area contributed by atoms with Crippen molar-refractivity contribution in [2.75, 3.05) is 5.32 Å². The highest BCUT2D eigenvalue weighted by molar-refractivity contribution is 5.92. The van der Waals surface area contributed by atoms with E-state index in [1.54, 1.807) is 6.07 Å². The molecule has 1 aliphatic rings. The van der Waals surface area contributed by atoms with Crippen LogP contribution in [0.3, 0.4) is 0 Å². The maximum absolute atomic E-state index is 13.1. The average Bonchev–Trinajstić information content (AvgIpc) is 3.23. The lowest BCUT2D eigenvalue weighted by Gasteiger charge is -2.34. The van der Waals surface area contributed by atoms with Crippen molar-refractivity contribution in [3.63, 3.8) is 0 Å². The molecule has 0 atom stereocenters. The van der Waals surface area contributed by atoms with Crippen LogP contribution in [0.1, 0.15) is 35.6 Å². The highest BCUT2D eigenvalue weighted by Gasteiger charge is 2.38. The summed E-state index contributed by atoms with van der Waals surface area (Å²) in [5.41, 5.74) is 0.827. The smallest absolute Gasteiger partial charge is 0.421 e. The molecule has 0 aliphatic heterocycles. The number of alkyl halides is 3. The van der Waals surface area contributed by atoms with Crippen LogP contribution in [-0.2, 0) is 17.4 Å². The van der Waals surface area contributed by atoms with E-state index < -0.39 is 17.6 Å². The van der Waals surface area contributed by atoms with Crippen LogP contribution in [-0.4, -0.2) is 27.2 Å². The fourth-order valence-corrected chi connectivity index (χ4v) is 4.11. The second-order valence-corrected chi connectivity index (χ2v) is 8.38. The van der Waals surface area contributed by atoms with Crippen LogP contribution in [0.25, 0.3) is 10.8 Å². The molecule has 2 N–H and O–H groups in total. The molecule has 1 saturated carbocycles. The first-order chi connectivity index (χ1) is 16.3. The molecule has 2 aromatic heterocycles. The summed E-state index contributed by atoms with van der Waals surface area (Å²) < 4.78 is 44.8. The topological polar surface area (TPSA) is 79.9 Å². The van der Waals surface area contributed by atoms with E-state index in [0.717, 1.165) is 28.1 Å². The van der Waals surface area contributed by atoms with Gasteiger partial charge >= 0.3 is 6.18 Å². The molecule has 0 saturated heterocycles. The molecule has 0 radical (unpaired) electrons. The Bertz CT molecular complexity index is 1330. The summed E-state index contributed by atoms with van der Waals surface area (Å²) in [5.74, 6) is -0.112.